The summed E-state index contributed by atoms with van der Waals surface area (Å²) in [4.78, 5) is 4.76. The van der Waals surface area contributed by atoms with Crippen LogP contribution in [0.25, 0.3) is 11.5 Å². The van der Waals surface area contributed by atoms with Crippen LogP contribution in [0.3, 0.4) is 0 Å². The second-order valence-electron chi connectivity index (χ2n) is 5.26. The van der Waals surface area contributed by atoms with Gasteiger partial charge in [0.05, 0.1) is 11.4 Å². The Hall–Kier alpha value is -2.14. The molecular weight excluding hydrogens is 262 g/mol. The normalized spacial score (nSPS) is 11.4. The number of nitrogens with zero attached hydrogens (tertiary/aromatic N) is 4. The molecule has 3 rings (SSSR count). The molecular formula is C16H21N5. The molecule has 0 atom stereocenters. The lowest BCUT2D eigenvalue weighted by Gasteiger charge is -2.05. The molecule has 5 nitrogen and oxygen atoms in total. The van der Waals surface area contributed by atoms with E-state index in [0.29, 0.717) is 6.54 Å². The highest BCUT2D eigenvalue weighted by Gasteiger charge is 2.18. The SMILES string of the molecule is CCc1c(C)nn(-c2nc3ccccn3c2CCN)c1C. The van der Waals surface area contributed by atoms with E-state index in [9.17, 15) is 0 Å². The van der Waals surface area contributed by atoms with Crippen molar-refractivity contribution in [3.05, 3.63) is 47.0 Å². The van der Waals surface area contributed by atoms with Crippen LogP contribution in [0.2, 0.25) is 0 Å². The van der Waals surface area contributed by atoms with Crippen molar-refractivity contribution < 1.29 is 0 Å². The van der Waals surface area contributed by atoms with E-state index < -0.39 is 0 Å². The molecule has 0 amide bonds. The summed E-state index contributed by atoms with van der Waals surface area (Å²) in [5.41, 5.74) is 11.4. The zero-order valence-electron chi connectivity index (χ0n) is 12.8. The molecule has 0 aliphatic rings. The van der Waals surface area contributed by atoms with Crippen LogP contribution >= 0.6 is 0 Å². The van der Waals surface area contributed by atoms with E-state index in [0.717, 1.165) is 41.4 Å². The third-order valence-corrected chi connectivity index (χ3v) is 3.98. The van der Waals surface area contributed by atoms with E-state index in [1.165, 1.54) is 5.56 Å². The first-order valence-electron chi connectivity index (χ1n) is 7.38. The monoisotopic (exact) mass is 283 g/mol. The van der Waals surface area contributed by atoms with Crippen LogP contribution in [-0.4, -0.2) is 25.7 Å². The fourth-order valence-electron chi connectivity index (χ4n) is 2.97. The molecule has 0 aliphatic carbocycles. The number of rotatable bonds is 4. The lowest BCUT2D eigenvalue weighted by Crippen LogP contribution is -2.10. The van der Waals surface area contributed by atoms with Crippen molar-refractivity contribution in [2.24, 2.45) is 5.73 Å². The molecule has 3 aromatic rings. The molecule has 3 heterocycles. The molecule has 0 radical (unpaired) electrons. The quantitative estimate of drug-likeness (QED) is 0.798. The molecule has 110 valence electrons. The maximum atomic E-state index is 5.79. The molecule has 2 N–H and O–H groups in total. The van der Waals surface area contributed by atoms with Gasteiger partial charge in [0, 0.05) is 18.3 Å². The van der Waals surface area contributed by atoms with Gasteiger partial charge in [-0.3, -0.25) is 0 Å². The number of nitrogens with two attached hydrogens (primary N) is 1. The summed E-state index contributed by atoms with van der Waals surface area (Å²) in [5.74, 6) is 0.895. The van der Waals surface area contributed by atoms with E-state index in [1.807, 2.05) is 29.1 Å². The molecule has 0 spiro atoms. The van der Waals surface area contributed by atoms with Gasteiger partial charge in [-0.15, -0.1) is 0 Å². The van der Waals surface area contributed by atoms with Crippen molar-refractivity contribution in [1.29, 1.82) is 0 Å². The molecule has 0 unspecified atom stereocenters. The standard InChI is InChI=1S/C16H21N5/c1-4-13-11(2)19-21(12(13)3)16-14(8-9-17)20-10-6-5-7-15(20)18-16/h5-7,10H,4,8-9,17H2,1-3H3. The highest BCUT2D eigenvalue weighted by Crippen LogP contribution is 2.22. The Kier molecular flexibility index (Phi) is 3.51. The van der Waals surface area contributed by atoms with Crippen LogP contribution in [0.5, 0.6) is 0 Å². The Labute approximate surface area is 124 Å². The van der Waals surface area contributed by atoms with Gasteiger partial charge in [0.1, 0.15) is 5.65 Å². The first-order valence-corrected chi connectivity index (χ1v) is 7.38. The summed E-state index contributed by atoms with van der Waals surface area (Å²) in [6.07, 6.45) is 3.79. The number of aromatic nitrogens is 4. The molecule has 0 aromatic carbocycles. The highest BCUT2D eigenvalue weighted by molar-refractivity contribution is 5.49. The van der Waals surface area contributed by atoms with Crippen LogP contribution in [0, 0.1) is 13.8 Å². The summed E-state index contributed by atoms with van der Waals surface area (Å²) >= 11 is 0. The molecule has 5 heteroatoms. The Morgan fingerprint density at radius 3 is 2.71 bits per heavy atom. The maximum absolute atomic E-state index is 5.79. The van der Waals surface area contributed by atoms with Crippen LogP contribution < -0.4 is 5.73 Å². The minimum Gasteiger partial charge on any atom is -0.330 e. The Morgan fingerprint density at radius 1 is 1.24 bits per heavy atom. The molecule has 0 bridgehead atoms. The number of imidazole rings is 1. The molecule has 0 saturated carbocycles. The van der Waals surface area contributed by atoms with Gasteiger partial charge in [0.25, 0.3) is 0 Å². The minimum absolute atomic E-state index is 0.593. The van der Waals surface area contributed by atoms with Gasteiger partial charge in [0.2, 0.25) is 0 Å². The second-order valence-corrected chi connectivity index (χ2v) is 5.26. The summed E-state index contributed by atoms with van der Waals surface area (Å²) in [6, 6.07) is 6.02. The van der Waals surface area contributed by atoms with Crippen molar-refractivity contribution >= 4 is 5.65 Å². The van der Waals surface area contributed by atoms with E-state index in [1.54, 1.807) is 0 Å². The molecule has 0 fully saturated rings. The second kappa shape index (κ2) is 5.33. The van der Waals surface area contributed by atoms with Crippen LogP contribution in [0.15, 0.2) is 24.4 Å². The highest BCUT2D eigenvalue weighted by atomic mass is 15.3. The van der Waals surface area contributed by atoms with E-state index in [2.05, 4.69) is 30.3 Å². The number of pyridine rings is 1. The predicted molar refractivity (Wildman–Crippen MR) is 83.9 cm³/mol. The summed E-state index contributed by atoms with van der Waals surface area (Å²) in [5, 5.41) is 4.69. The largest absolute Gasteiger partial charge is 0.330 e. The van der Waals surface area contributed by atoms with E-state index in [4.69, 9.17) is 10.7 Å². The van der Waals surface area contributed by atoms with Crippen LogP contribution in [0.4, 0.5) is 0 Å². The smallest absolute Gasteiger partial charge is 0.175 e. The topological polar surface area (TPSA) is 61.1 Å². The average molecular weight is 283 g/mol. The minimum atomic E-state index is 0.593. The zero-order valence-corrected chi connectivity index (χ0v) is 12.8. The number of hydrogen-bond acceptors (Lipinski definition) is 3. The van der Waals surface area contributed by atoms with Gasteiger partial charge >= 0.3 is 0 Å². The van der Waals surface area contributed by atoms with Crippen molar-refractivity contribution in [1.82, 2.24) is 19.2 Å². The summed E-state index contributed by atoms with van der Waals surface area (Å²) in [7, 11) is 0. The maximum Gasteiger partial charge on any atom is 0.175 e. The summed E-state index contributed by atoms with van der Waals surface area (Å²) < 4.78 is 4.07. The number of aryl methyl sites for hydroxylation is 1. The predicted octanol–water partition coefficient (Wildman–Crippen LogP) is 2.20. The van der Waals surface area contributed by atoms with Gasteiger partial charge in [-0.25, -0.2) is 9.67 Å². The van der Waals surface area contributed by atoms with E-state index >= 15 is 0 Å². The van der Waals surface area contributed by atoms with Crippen molar-refractivity contribution in [2.75, 3.05) is 6.54 Å². The first kappa shape index (κ1) is 13.8. The van der Waals surface area contributed by atoms with Crippen LogP contribution in [-0.2, 0) is 12.8 Å². The van der Waals surface area contributed by atoms with E-state index in [-0.39, 0.29) is 0 Å². The van der Waals surface area contributed by atoms with Crippen LogP contribution in [0.1, 0.15) is 29.6 Å². The molecule has 0 saturated heterocycles. The number of fused-ring (bicyclic) bond motifs is 1. The Bertz CT molecular complexity index is 781. The Balaban J connectivity index is 2.27. The summed E-state index contributed by atoms with van der Waals surface area (Å²) in [6.45, 7) is 6.91. The number of hydrogen-bond donors (Lipinski definition) is 1. The van der Waals surface area contributed by atoms with Gasteiger partial charge in [-0.05, 0) is 44.5 Å². The van der Waals surface area contributed by atoms with Gasteiger partial charge in [-0.1, -0.05) is 13.0 Å². The van der Waals surface area contributed by atoms with Gasteiger partial charge in [0.15, 0.2) is 5.82 Å². The Morgan fingerprint density at radius 2 is 2.05 bits per heavy atom. The zero-order chi connectivity index (χ0) is 15.0. The van der Waals surface area contributed by atoms with Crippen molar-refractivity contribution in [3.63, 3.8) is 0 Å². The average Bonchev–Trinajstić information content (AvgIpc) is 2.98. The fraction of sp³-hybridized carbons (Fsp3) is 0.375. The molecule has 0 aliphatic heterocycles. The molecule has 3 aromatic heterocycles. The molecule has 21 heavy (non-hydrogen) atoms. The first-order chi connectivity index (χ1) is 10.2. The van der Waals surface area contributed by atoms with Crippen molar-refractivity contribution in [3.8, 4) is 5.82 Å². The van der Waals surface area contributed by atoms with Gasteiger partial charge in [-0.2, -0.15) is 5.10 Å². The van der Waals surface area contributed by atoms with Crippen molar-refractivity contribution in [2.45, 2.75) is 33.6 Å². The third kappa shape index (κ3) is 2.14. The lowest BCUT2D eigenvalue weighted by atomic mass is 10.1. The third-order valence-electron chi connectivity index (χ3n) is 3.98. The lowest BCUT2D eigenvalue weighted by molar-refractivity contribution is 0.785. The van der Waals surface area contributed by atoms with Gasteiger partial charge < -0.3 is 10.1 Å². The fourth-order valence-corrected chi connectivity index (χ4v) is 2.97.